The Kier molecular flexibility index (Phi) is 3.56. The summed E-state index contributed by atoms with van der Waals surface area (Å²) in [5.41, 5.74) is 1.40. The summed E-state index contributed by atoms with van der Waals surface area (Å²) in [5, 5.41) is 4.64. The topological polar surface area (TPSA) is 26.0 Å². The van der Waals surface area contributed by atoms with Crippen molar-refractivity contribution in [1.82, 2.24) is 5.16 Å². The van der Waals surface area contributed by atoms with Crippen molar-refractivity contribution in [3.8, 4) is 11.3 Å². The van der Waals surface area contributed by atoms with Crippen LogP contribution in [0.2, 0.25) is 5.02 Å². The van der Waals surface area contributed by atoms with E-state index < -0.39 is 0 Å². The van der Waals surface area contributed by atoms with Crippen molar-refractivity contribution in [2.45, 2.75) is 38.0 Å². The van der Waals surface area contributed by atoms with Gasteiger partial charge in [-0.3, -0.25) is 0 Å². The normalized spacial score (nSPS) is 16.7. The standard InChI is InChI=1S/C15H15ClFNO/c16-13-14(10-6-8-12(17)9-7-10)18-19-15(13)11-4-2-1-3-5-11/h6-9,11H,1-5H2. The van der Waals surface area contributed by atoms with E-state index in [1.165, 1.54) is 31.4 Å². The number of nitrogens with zero attached hydrogens (tertiary/aromatic N) is 1. The molecule has 2 aromatic rings. The molecule has 0 atom stereocenters. The molecule has 0 aliphatic heterocycles. The lowest BCUT2D eigenvalue weighted by Crippen LogP contribution is -2.03. The number of hydrogen-bond donors (Lipinski definition) is 0. The first-order chi connectivity index (χ1) is 9.25. The van der Waals surface area contributed by atoms with Gasteiger partial charge in [0.1, 0.15) is 16.5 Å². The highest BCUT2D eigenvalue weighted by atomic mass is 35.5. The minimum absolute atomic E-state index is 0.268. The van der Waals surface area contributed by atoms with Crippen LogP contribution >= 0.6 is 11.6 Å². The van der Waals surface area contributed by atoms with Gasteiger partial charge in [0, 0.05) is 11.5 Å². The van der Waals surface area contributed by atoms with Crippen LogP contribution in [0.4, 0.5) is 4.39 Å². The Bertz CT molecular complexity index is 558. The van der Waals surface area contributed by atoms with E-state index in [4.69, 9.17) is 16.1 Å². The van der Waals surface area contributed by atoms with E-state index in [0.29, 0.717) is 16.6 Å². The van der Waals surface area contributed by atoms with Crippen molar-refractivity contribution in [1.29, 1.82) is 0 Å². The average molecular weight is 280 g/mol. The summed E-state index contributed by atoms with van der Waals surface area (Å²) >= 11 is 6.38. The molecule has 100 valence electrons. The molecule has 1 aliphatic rings. The highest BCUT2D eigenvalue weighted by molar-refractivity contribution is 6.33. The zero-order valence-corrected chi connectivity index (χ0v) is 11.3. The summed E-state index contributed by atoms with van der Waals surface area (Å²) in [7, 11) is 0. The van der Waals surface area contributed by atoms with E-state index in [-0.39, 0.29) is 5.82 Å². The molecule has 1 aromatic heterocycles. The minimum Gasteiger partial charge on any atom is -0.359 e. The molecule has 0 N–H and O–H groups in total. The van der Waals surface area contributed by atoms with Crippen molar-refractivity contribution in [2.24, 2.45) is 0 Å². The number of aromatic nitrogens is 1. The van der Waals surface area contributed by atoms with E-state index in [0.717, 1.165) is 24.2 Å². The number of benzene rings is 1. The van der Waals surface area contributed by atoms with Crippen LogP contribution in [0.3, 0.4) is 0 Å². The van der Waals surface area contributed by atoms with E-state index in [2.05, 4.69) is 5.16 Å². The first kappa shape index (κ1) is 12.7. The second-order valence-electron chi connectivity index (χ2n) is 5.05. The van der Waals surface area contributed by atoms with Crippen molar-refractivity contribution in [2.75, 3.05) is 0 Å². The molecule has 1 aliphatic carbocycles. The summed E-state index contributed by atoms with van der Waals surface area (Å²) in [6.07, 6.45) is 5.93. The molecule has 1 heterocycles. The molecule has 2 nitrogen and oxygen atoms in total. The van der Waals surface area contributed by atoms with Crippen molar-refractivity contribution in [3.63, 3.8) is 0 Å². The number of halogens is 2. The van der Waals surface area contributed by atoms with Crippen molar-refractivity contribution < 1.29 is 8.91 Å². The molecule has 1 saturated carbocycles. The fraction of sp³-hybridized carbons (Fsp3) is 0.400. The van der Waals surface area contributed by atoms with E-state index in [1.54, 1.807) is 12.1 Å². The molecule has 1 fully saturated rings. The third kappa shape index (κ3) is 2.52. The van der Waals surface area contributed by atoms with Crippen molar-refractivity contribution in [3.05, 3.63) is 40.9 Å². The van der Waals surface area contributed by atoms with E-state index >= 15 is 0 Å². The summed E-state index contributed by atoms with van der Waals surface area (Å²) < 4.78 is 18.4. The molecular weight excluding hydrogens is 265 g/mol. The van der Waals surface area contributed by atoms with Crippen LogP contribution < -0.4 is 0 Å². The van der Waals surface area contributed by atoms with Crippen LogP contribution in [0.25, 0.3) is 11.3 Å². The molecule has 0 amide bonds. The zero-order chi connectivity index (χ0) is 13.2. The Morgan fingerprint density at radius 1 is 1.11 bits per heavy atom. The smallest absolute Gasteiger partial charge is 0.159 e. The average Bonchev–Trinajstić information content (AvgIpc) is 2.83. The van der Waals surface area contributed by atoms with Gasteiger partial charge < -0.3 is 4.52 Å². The molecule has 0 unspecified atom stereocenters. The van der Waals surface area contributed by atoms with Crippen LogP contribution in [-0.2, 0) is 0 Å². The van der Waals surface area contributed by atoms with Crippen LogP contribution in [-0.4, -0.2) is 5.16 Å². The Balaban J connectivity index is 1.91. The van der Waals surface area contributed by atoms with Crippen molar-refractivity contribution >= 4 is 11.6 Å². The first-order valence-corrected chi connectivity index (χ1v) is 7.04. The molecule has 3 rings (SSSR count). The lowest BCUT2D eigenvalue weighted by molar-refractivity contribution is 0.322. The Labute approximate surface area is 116 Å². The summed E-state index contributed by atoms with van der Waals surface area (Å²) in [5.74, 6) is 0.902. The Hall–Kier alpha value is -1.35. The first-order valence-electron chi connectivity index (χ1n) is 6.66. The highest BCUT2D eigenvalue weighted by Crippen LogP contribution is 2.40. The molecule has 0 radical (unpaired) electrons. The predicted octanol–water partition coefficient (Wildman–Crippen LogP) is 5.18. The quantitative estimate of drug-likeness (QED) is 0.757. The van der Waals surface area contributed by atoms with E-state index in [1.807, 2.05) is 0 Å². The van der Waals surface area contributed by atoms with Gasteiger partial charge in [-0.15, -0.1) is 0 Å². The van der Waals surface area contributed by atoms with Gasteiger partial charge in [0.2, 0.25) is 0 Å². The second-order valence-corrected chi connectivity index (χ2v) is 5.43. The van der Waals surface area contributed by atoms with Crippen LogP contribution in [0, 0.1) is 5.82 Å². The molecule has 0 spiro atoms. The monoisotopic (exact) mass is 279 g/mol. The maximum atomic E-state index is 12.9. The molecule has 19 heavy (non-hydrogen) atoms. The minimum atomic E-state index is -0.268. The number of hydrogen-bond acceptors (Lipinski definition) is 2. The van der Waals surface area contributed by atoms with Gasteiger partial charge in [-0.25, -0.2) is 4.39 Å². The Morgan fingerprint density at radius 3 is 2.47 bits per heavy atom. The maximum Gasteiger partial charge on any atom is 0.159 e. The summed E-state index contributed by atoms with van der Waals surface area (Å²) in [6, 6.07) is 6.15. The van der Waals surface area contributed by atoms with Crippen LogP contribution in [0.1, 0.15) is 43.8 Å². The zero-order valence-electron chi connectivity index (χ0n) is 10.5. The van der Waals surface area contributed by atoms with Gasteiger partial charge in [-0.2, -0.15) is 0 Å². The van der Waals surface area contributed by atoms with Crippen LogP contribution in [0.5, 0.6) is 0 Å². The van der Waals surface area contributed by atoms with Gasteiger partial charge in [0.25, 0.3) is 0 Å². The molecule has 1 aromatic carbocycles. The fourth-order valence-electron chi connectivity index (χ4n) is 2.70. The third-order valence-electron chi connectivity index (χ3n) is 3.75. The maximum absolute atomic E-state index is 12.9. The highest BCUT2D eigenvalue weighted by Gasteiger charge is 2.25. The lowest BCUT2D eigenvalue weighted by atomic mass is 9.87. The molecular formula is C15H15ClFNO. The summed E-state index contributed by atoms with van der Waals surface area (Å²) in [4.78, 5) is 0. The summed E-state index contributed by atoms with van der Waals surface area (Å²) in [6.45, 7) is 0. The third-order valence-corrected chi connectivity index (χ3v) is 4.12. The second kappa shape index (κ2) is 5.33. The van der Waals surface area contributed by atoms with Gasteiger partial charge in [0.05, 0.1) is 0 Å². The molecule has 4 heteroatoms. The van der Waals surface area contributed by atoms with Gasteiger partial charge in [-0.1, -0.05) is 36.0 Å². The van der Waals surface area contributed by atoms with Crippen LogP contribution in [0.15, 0.2) is 28.8 Å². The van der Waals surface area contributed by atoms with E-state index in [9.17, 15) is 4.39 Å². The lowest BCUT2D eigenvalue weighted by Gasteiger charge is -2.18. The Morgan fingerprint density at radius 2 is 1.79 bits per heavy atom. The van der Waals surface area contributed by atoms with Gasteiger partial charge in [0.15, 0.2) is 5.76 Å². The predicted molar refractivity (Wildman–Crippen MR) is 72.7 cm³/mol. The molecule has 0 saturated heterocycles. The molecule has 0 bridgehead atoms. The largest absolute Gasteiger partial charge is 0.359 e. The SMILES string of the molecule is Fc1ccc(-c2noc(C3CCCCC3)c2Cl)cc1. The fourth-order valence-corrected chi connectivity index (χ4v) is 3.03. The number of rotatable bonds is 2. The van der Waals surface area contributed by atoms with Gasteiger partial charge >= 0.3 is 0 Å². The van der Waals surface area contributed by atoms with Gasteiger partial charge in [-0.05, 0) is 37.1 Å².